The standard InChI is InChI=1S/C21H31N7O/c1-15-12-16(2)28-21(22-15)23-19(24-28)20(29)27-13-18(14-27)26-10-8-25(9-11-26)17-6-4-3-5-7-17/h12,17-18H,3-11,13-14H2,1-2H3. The van der Waals surface area contributed by atoms with Crippen LogP contribution in [0, 0.1) is 13.8 Å². The maximum atomic E-state index is 12.8. The van der Waals surface area contributed by atoms with Crippen LogP contribution in [0.15, 0.2) is 6.07 Å². The lowest BCUT2D eigenvalue weighted by molar-refractivity contribution is -0.00313. The van der Waals surface area contributed by atoms with E-state index in [0.717, 1.165) is 43.6 Å². The Bertz CT molecular complexity index is 890. The van der Waals surface area contributed by atoms with E-state index in [4.69, 9.17) is 0 Å². The number of carbonyl (C=O) groups excluding carboxylic acids is 1. The summed E-state index contributed by atoms with van der Waals surface area (Å²) in [6, 6.07) is 3.24. The second-order valence-electron chi connectivity index (χ2n) is 8.91. The van der Waals surface area contributed by atoms with Gasteiger partial charge in [-0.15, -0.1) is 5.10 Å². The van der Waals surface area contributed by atoms with E-state index in [0.29, 0.717) is 11.8 Å². The summed E-state index contributed by atoms with van der Waals surface area (Å²) < 4.78 is 1.65. The van der Waals surface area contributed by atoms with Crippen LogP contribution in [0.5, 0.6) is 0 Å². The minimum atomic E-state index is -0.0790. The Morgan fingerprint density at radius 3 is 2.28 bits per heavy atom. The molecule has 0 unspecified atom stereocenters. The van der Waals surface area contributed by atoms with Crippen LogP contribution < -0.4 is 0 Å². The lowest BCUT2D eigenvalue weighted by Gasteiger charge is -2.49. The molecule has 1 amide bonds. The van der Waals surface area contributed by atoms with Gasteiger partial charge in [0.05, 0.1) is 0 Å². The third-order valence-electron chi connectivity index (χ3n) is 6.92. The summed E-state index contributed by atoms with van der Waals surface area (Å²) in [5.74, 6) is 0.679. The predicted octanol–water partition coefficient (Wildman–Crippen LogP) is 1.52. The molecule has 3 aliphatic rings. The van der Waals surface area contributed by atoms with Gasteiger partial charge in [-0.05, 0) is 32.8 Å². The highest BCUT2D eigenvalue weighted by Crippen LogP contribution is 2.25. The number of piperazine rings is 1. The molecule has 29 heavy (non-hydrogen) atoms. The molecule has 2 saturated heterocycles. The van der Waals surface area contributed by atoms with Crippen LogP contribution in [0.25, 0.3) is 5.78 Å². The number of fused-ring (bicyclic) bond motifs is 1. The summed E-state index contributed by atoms with van der Waals surface area (Å²) in [6.07, 6.45) is 6.97. The smallest absolute Gasteiger partial charge is 0.293 e. The number of rotatable bonds is 3. The number of nitrogens with zero attached hydrogens (tertiary/aromatic N) is 7. The molecule has 1 saturated carbocycles. The van der Waals surface area contributed by atoms with Crippen molar-refractivity contribution in [2.24, 2.45) is 0 Å². The Hall–Kier alpha value is -2.06. The molecule has 8 heteroatoms. The van der Waals surface area contributed by atoms with Crippen molar-refractivity contribution in [1.29, 1.82) is 0 Å². The van der Waals surface area contributed by atoms with Crippen LogP contribution in [0.4, 0.5) is 0 Å². The van der Waals surface area contributed by atoms with E-state index in [9.17, 15) is 4.79 Å². The van der Waals surface area contributed by atoms with Crippen molar-refractivity contribution in [1.82, 2.24) is 34.3 Å². The first-order chi connectivity index (χ1) is 14.1. The third-order valence-corrected chi connectivity index (χ3v) is 6.92. The molecule has 0 N–H and O–H groups in total. The molecule has 8 nitrogen and oxygen atoms in total. The van der Waals surface area contributed by atoms with Gasteiger partial charge in [-0.1, -0.05) is 19.3 Å². The number of aromatic nitrogens is 4. The number of likely N-dealkylation sites (tertiary alicyclic amines) is 1. The monoisotopic (exact) mass is 397 g/mol. The lowest BCUT2D eigenvalue weighted by atomic mass is 9.93. The second-order valence-corrected chi connectivity index (χ2v) is 8.91. The average Bonchev–Trinajstić information content (AvgIpc) is 3.12. The quantitative estimate of drug-likeness (QED) is 0.782. The topological polar surface area (TPSA) is 69.9 Å². The fourth-order valence-corrected chi connectivity index (χ4v) is 5.16. The van der Waals surface area contributed by atoms with Crippen molar-refractivity contribution >= 4 is 11.7 Å². The molecule has 0 atom stereocenters. The van der Waals surface area contributed by atoms with Crippen LogP contribution in [0.1, 0.15) is 54.1 Å². The van der Waals surface area contributed by atoms with Gasteiger partial charge in [0.25, 0.3) is 11.7 Å². The van der Waals surface area contributed by atoms with Gasteiger partial charge in [-0.2, -0.15) is 4.98 Å². The molecular weight excluding hydrogens is 366 g/mol. The average molecular weight is 398 g/mol. The molecule has 0 radical (unpaired) electrons. The largest absolute Gasteiger partial charge is 0.333 e. The van der Waals surface area contributed by atoms with E-state index >= 15 is 0 Å². The molecule has 0 bridgehead atoms. The Labute approximate surface area is 171 Å². The first-order valence-electron chi connectivity index (χ1n) is 11.1. The molecule has 0 aromatic carbocycles. The molecule has 1 aliphatic carbocycles. The van der Waals surface area contributed by atoms with Gasteiger partial charge in [-0.25, -0.2) is 9.50 Å². The van der Waals surface area contributed by atoms with Crippen molar-refractivity contribution in [3.8, 4) is 0 Å². The van der Waals surface area contributed by atoms with Crippen molar-refractivity contribution in [2.45, 2.75) is 58.0 Å². The molecule has 5 rings (SSSR count). The highest BCUT2D eigenvalue weighted by Gasteiger charge is 2.38. The van der Waals surface area contributed by atoms with Crippen molar-refractivity contribution in [2.75, 3.05) is 39.3 Å². The molecule has 2 aliphatic heterocycles. The van der Waals surface area contributed by atoms with E-state index in [-0.39, 0.29) is 11.7 Å². The van der Waals surface area contributed by atoms with E-state index in [1.54, 1.807) is 4.52 Å². The van der Waals surface area contributed by atoms with Gasteiger partial charge in [0, 0.05) is 62.7 Å². The zero-order valence-electron chi connectivity index (χ0n) is 17.5. The summed E-state index contributed by atoms with van der Waals surface area (Å²) in [7, 11) is 0. The van der Waals surface area contributed by atoms with Crippen LogP contribution in [0.3, 0.4) is 0 Å². The fourth-order valence-electron chi connectivity index (χ4n) is 5.16. The Morgan fingerprint density at radius 1 is 0.931 bits per heavy atom. The maximum absolute atomic E-state index is 12.8. The van der Waals surface area contributed by atoms with E-state index in [1.807, 2.05) is 24.8 Å². The number of hydrogen-bond donors (Lipinski definition) is 0. The molecule has 0 spiro atoms. The minimum absolute atomic E-state index is 0.0790. The highest BCUT2D eigenvalue weighted by atomic mass is 16.2. The van der Waals surface area contributed by atoms with Crippen LogP contribution in [-0.2, 0) is 0 Å². The summed E-state index contributed by atoms with van der Waals surface area (Å²) in [4.78, 5) is 28.7. The SMILES string of the molecule is Cc1cc(C)n2nc(C(=O)N3CC(N4CCN(C5CCCCC5)CC4)C3)nc2n1. The van der Waals surface area contributed by atoms with Crippen LogP contribution in [0.2, 0.25) is 0 Å². The van der Waals surface area contributed by atoms with Crippen LogP contribution in [-0.4, -0.2) is 91.5 Å². The van der Waals surface area contributed by atoms with Gasteiger partial charge in [0.1, 0.15) is 0 Å². The molecule has 4 heterocycles. The summed E-state index contributed by atoms with van der Waals surface area (Å²) in [5, 5.41) is 4.39. The van der Waals surface area contributed by atoms with Crippen molar-refractivity contribution in [3.05, 3.63) is 23.3 Å². The fraction of sp³-hybridized carbons (Fsp3) is 0.714. The van der Waals surface area contributed by atoms with Gasteiger partial charge < -0.3 is 4.90 Å². The Balaban J connectivity index is 1.15. The predicted molar refractivity (Wildman–Crippen MR) is 110 cm³/mol. The number of aryl methyl sites for hydroxylation is 2. The normalized spacial score (nSPS) is 22.9. The molecule has 3 fully saturated rings. The van der Waals surface area contributed by atoms with E-state index in [2.05, 4.69) is 24.9 Å². The second kappa shape index (κ2) is 7.65. The highest BCUT2D eigenvalue weighted by molar-refractivity contribution is 5.91. The molecular formula is C21H31N7O. The van der Waals surface area contributed by atoms with Gasteiger partial charge >= 0.3 is 0 Å². The Morgan fingerprint density at radius 2 is 1.59 bits per heavy atom. The summed E-state index contributed by atoms with van der Waals surface area (Å²) in [5.41, 5.74) is 1.83. The lowest BCUT2D eigenvalue weighted by Crippen LogP contribution is -2.64. The zero-order valence-corrected chi connectivity index (χ0v) is 17.5. The summed E-state index contributed by atoms with van der Waals surface area (Å²) >= 11 is 0. The molecule has 2 aromatic heterocycles. The number of carbonyl (C=O) groups is 1. The van der Waals surface area contributed by atoms with E-state index < -0.39 is 0 Å². The van der Waals surface area contributed by atoms with Crippen molar-refractivity contribution < 1.29 is 4.79 Å². The van der Waals surface area contributed by atoms with Crippen LogP contribution >= 0.6 is 0 Å². The molecule has 156 valence electrons. The van der Waals surface area contributed by atoms with Gasteiger partial charge in [0.15, 0.2) is 0 Å². The Kier molecular flexibility index (Phi) is 4.99. The number of hydrogen-bond acceptors (Lipinski definition) is 6. The van der Waals surface area contributed by atoms with Gasteiger partial charge in [0.2, 0.25) is 5.82 Å². The van der Waals surface area contributed by atoms with E-state index in [1.165, 1.54) is 45.2 Å². The maximum Gasteiger partial charge on any atom is 0.293 e. The third kappa shape index (κ3) is 3.64. The van der Waals surface area contributed by atoms with Gasteiger partial charge in [-0.3, -0.25) is 14.6 Å². The summed E-state index contributed by atoms with van der Waals surface area (Å²) in [6.45, 7) is 10.0. The van der Waals surface area contributed by atoms with Crippen molar-refractivity contribution in [3.63, 3.8) is 0 Å². The first-order valence-corrected chi connectivity index (χ1v) is 11.1. The minimum Gasteiger partial charge on any atom is -0.333 e. The number of amides is 1. The molecule has 2 aromatic rings. The zero-order chi connectivity index (χ0) is 20.0. The first kappa shape index (κ1) is 18.9.